The molecule has 0 fully saturated rings. The fraction of sp³-hybridized carbons (Fsp3) is 0.596. The van der Waals surface area contributed by atoms with Crippen LogP contribution >= 0.6 is 0 Å². The van der Waals surface area contributed by atoms with Crippen molar-refractivity contribution in [3.8, 4) is 0 Å². The summed E-state index contributed by atoms with van der Waals surface area (Å²) in [5, 5.41) is 2.77. The van der Waals surface area contributed by atoms with Crippen LogP contribution in [-0.4, -0.2) is 62.3 Å². The maximum Gasteiger partial charge on any atom is 0.306 e. The molecule has 0 saturated carbocycles. The van der Waals surface area contributed by atoms with Crippen LogP contribution in [0.15, 0.2) is 110 Å². The number of hydrogen-bond donors (Lipinski definition) is 1. The Morgan fingerprint density at radius 2 is 0.851 bits per heavy atom. The maximum atomic E-state index is 12.7. The summed E-state index contributed by atoms with van der Waals surface area (Å²) in [7, 11) is 0. The summed E-state index contributed by atoms with van der Waals surface area (Å²) >= 11 is 0. The van der Waals surface area contributed by atoms with Gasteiger partial charge in [0.1, 0.15) is 19.8 Å². The highest BCUT2D eigenvalue weighted by molar-refractivity contribution is 5.78. The van der Waals surface area contributed by atoms with Crippen LogP contribution < -0.4 is 5.32 Å². The minimum absolute atomic E-state index is 0.00510. The summed E-state index contributed by atoms with van der Waals surface area (Å²) in [4.78, 5) is 62.3. The van der Waals surface area contributed by atoms with Gasteiger partial charge < -0.3 is 24.3 Å². The first-order valence-corrected chi connectivity index (χ1v) is 25.5. The minimum atomic E-state index is -0.996. The van der Waals surface area contributed by atoms with Gasteiger partial charge in [0.05, 0.1) is 19.4 Å². The maximum absolute atomic E-state index is 12.7. The molecule has 0 aliphatic heterocycles. The van der Waals surface area contributed by atoms with E-state index in [0.29, 0.717) is 32.1 Å². The number of amides is 1. The molecule has 1 N–H and O–H groups in total. The topological polar surface area (TPSA) is 134 Å². The Morgan fingerprint density at radius 1 is 0.448 bits per heavy atom. The second kappa shape index (κ2) is 50.4. The molecule has 0 bridgehead atoms. The summed E-state index contributed by atoms with van der Waals surface area (Å²) in [6.45, 7) is 7.56. The Bertz CT molecular complexity index is 1520. The summed E-state index contributed by atoms with van der Waals surface area (Å²) in [5.74, 6) is -2.27. The lowest BCUT2D eigenvalue weighted by Crippen LogP contribution is -2.31. The van der Waals surface area contributed by atoms with E-state index in [9.17, 15) is 24.0 Å². The molecule has 1 unspecified atom stereocenters. The molecule has 0 aromatic carbocycles. The molecule has 1 atom stereocenters. The fourth-order valence-electron chi connectivity index (χ4n) is 6.37. The standard InChI is InChI=1S/C57H89NO9/c1-4-7-10-13-16-19-22-24-25-27-29-32-35-38-41-44-54(60)65-50-52(67-57(63)45-42-39-36-33-30-26-23-20-17-14-11-8-5-2)51-66-56(62)47-46-55(61)64-49-48-58-53(59)43-40-37-34-31-28-21-18-15-12-9-6-3/h4-5,8,10,13-14,17,19,22-23,25-27,32-33,35-36,52H,1,6-7,9,11-12,15-16,18,20-21,24,28-31,34,37-51H2,2-3H3,(H,58,59)/b8-5-,13-10-,17-14-,22-19-,26-23-,27-25-,35-32-,36-33-. The van der Waals surface area contributed by atoms with E-state index in [1.54, 1.807) is 0 Å². The van der Waals surface area contributed by atoms with Crippen molar-refractivity contribution in [2.75, 3.05) is 26.4 Å². The zero-order valence-corrected chi connectivity index (χ0v) is 41.7. The van der Waals surface area contributed by atoms with Crippen molar-refractivity contribution in [3.63, 3.8) is 0 Å². The van der Waals surface area contributed by atoms with Gasteiger partial charge in [-0.25, -0.2) is 0 Å². The third-order valence-electron chi connectivity index (χ3n) is 10.2. The summed E-state index contributed by atoms with van der Waals surface area (Å²) < 4.78 is 21.5. The lowest BCUT2D eigenvalue weighted by Gasteiger charge is -2.18. The predicted molar refractivity (Wildman–Crippen MR) is 275 cm³/mol. The van der Waals surface area contributed by atoms with Crippen LogP contribution in [0.25, 0.3) is 0 Å². The van der Waals surface area contributed by atoms with Crippen LogP contribution in [0.3, 0.4) is 0 Å². The van der Waals surface area contributed by atoms with Crippen molar-refractivity contribution < 1.29 is 42.9 Å². The molecule has 0 radical (unpaired) electrons. The highest BCUT2D eigenvalue weighted by atomic mass is 16.6. The quantitative estimate of drug-likeness (QED) is 0.0274. The third kappa shape index (κ3) is 48.8. The minimum Gasteiger partial charge on any atom is -0.464 e. The van der Waals surface area contributed by atoms with Gasteiger partial charge in [-0.1, -0.05) is 174 Å². The number of carbonyl (C=O) groups is 5. The van der Waals surface area contributed by atoms with E-state index in [0.717, 1.165) is 64.2 Å². The first kappa shape index (κ1) is 62.0. The van der Waals surface area contributed by atoms with E-state index < -0.39 is 30.0 Å². The van der Waals surface area contributed by atoms with Crippen LogP contribution in [0.4, 0.5) is 0 Å². The predicted octanol–water partition coefficient (Wildman–Crippen LogP) is 13.9. The molecule has 0 rings (SSSR count). The molecule has 0 spiro atoms. The van der Waals surface area contributed by atoms with Crippen molar-refractivity contribution >= 4 is 29.8 Å². The van der Waals surface area contributed by atoms with Crippen molar-refractivity contribution in [2.45, 2.75) is 193 Å². The molecule has 1 amide bonds. The van der Waals surface area contributed by atoms with Gasteiger partial charge in [-0.05, 0) is 84.0 Å². The number of hydrogen-bond acceptors (Lipinski definition) is 9. The molecule has 0 saturated heterocycles. The van der Waals surface area contributed by atoms with Gasteiger partial charge in [0.25, 0.3) is 0 Å². The SMILES string of the molecule is C=CC/C=C\C/C=C\C/C=C\C/C=C\CCCC(=O)OCC(COC(=O)CCC(=O)OCCNC(=O)CCCCCCCCCCCCC)OC(=O)CCC/C=C\C/C=C\C/C=C\C/C=C\C. The molecule has 0 aliphatic carbocycles. The third-order valence-corrected chi connectivity index (χ3v) is 10.2. The molecule has 0 heterocycles. The van der Waals surface area contributed by atoms with Crippen LogP contribution in [-0.2, 0) is 42.9 Å². The zero-order valence-electron chi connectivity index (χ0n) is 41.7. The number of ether oxygens (including phenoxy) is 4. The van der Waals surface area contributed by atoms with E-state index in [-0.39, 0.29) is 58.0 Å². The summed E-state index contributed by atoms with van der Waals surface area (Å²) in [5.41, 5.74) is 0. The van der Waals surface area contributed by atoms with E-state index in [1.807, 2.05) is 31.2 Å². The van der Waals surface area contributed by atoms with Gasteiger partial charge in [-0.3, -0.25) is 24.0 Å². The van der Waals surface area contributed by atoms with Gasteiger partial charge >= 0.3 is 23.9 Å². The van der Waals surface area contributed by atoms with E-state index in [1.165, 1.54) is 51.4 Å². The van der Waals surface area contributed by atoms with Crippen LogP contribution in [0.1, 0.15) is 187 Å². The first-order valence-electron chi connectivity index (χ1n) is 25.5. The Kier molecular flexibility index (Phi) is 46.7. The smallest absolute Gasteiger partial charge is 0.306 e. The number of carbonyl (C=O) groups excluding carboxylic acids is 5. The van der Waals surface area contributed by atoms with Crippen LogP contribution in [0.5, 0.6) is 0 Å². The Balaban J connectivity index is 4.63. The largest absolute Gasteiger partial charge is 0.464 e. The second-order valence-electron chi connectivity index (χ2n) is 16.4. The van der Waals surface area contributed by atoms with Crippen LogP contribution in [0, 0.1) is 0 Å². The van der Waals surface area contributed by atoms with E-state index >= 15 is 0 Å². The number of esters is 4. The van der Waals surface area contributed by atoms with Crippen molar-refractivity contribution in [3.05, 3.63) is 110 Å². The average molecular weight is 932 g/mol. The van der Waals surface area contributed by atoms with Gasteiger partial charge in [0, 0.05) is 19.3 Å². The molecule has 0 aliphatic rings. The van der Waals surface area contributed by atoms with E-state index in [4.69, 9.17) is 18.9 Å². The molecular weight excluding hydrogens is 843 g/mol. The lowest BCUT2D eigenvalue weighted by atomic mass is 10.1. The number of allylic oxidation sites excluding steroid dienone is 17. The number of rotatable bonds is 45. The molecular formula is C57H89NO9. The van der Waals surface area contributed by atoms with Gasteiger partial charge in [0.2, 0.25) is 5.91 Å². The lowest BCUT2D eigenvalue weighted by molar-refractivity contribution is -0.167. The molecule has 0 aromatic rings. The Hall–Kier alpha value is -4.99. The van der Waals surface area contributed by atoms with Gasteiger partial charge in [0.15, 0.2) is 6.10 Å². The highest BCUT2D eigenvalue weighted by Crippen LogP contribution is 2.12. The normalized spacial score (nSPS) is 12.5. The van der Waals surface area contributed by atoms with Gasteiger partial charge in [-0.15, -0.1) is 6.58 Å². The van der Waals surface area contributed by atoms with Gasteiger partial charge in [-0.2, -0.15) is 0 Å². The molecule has 10 heteroatoms. The molecule has 0 aromatic heterocycles. The first-order chi connectivity index (χ1) is 32.8. The van der Waals surface area contributed by atoms with Crippen molar-refractivity contribution in [2.24, 2.45) is 0 Å². The summed E-state index contributed by atoms with van der Waals surface area (Å²) in [6.07, 6.45) is 56.9. The van der Waals surface area contributed by atoms with Crippen LogP contribution in [0.2, 0.25) is 0 Å². The Labute approximate surface area is 406 Å². The average Bonchev–Trinajstić information content (AvgIpc) is 3.32. The molecule has 67 heavy (non-hydrogen) atoms. The number of unbranched alkanes of at least 4 members (excludes halogenated alkanes) is 12. The fourth-order valence-corrected chi connectivity index (χ4v) is 6.37. The monoisotopic (exact) mass is 932 g/mol. The Morgan fingerprint density at radius 3 is 1.33 bits per heavy atom. The van der Waals surface area contributed by atoms with Crippen molar-refractivity contribution in [1.82, 2.24) is 5.32 Å². The molecule has 376 valence electrons. The van der Waals surface area contributed by atoms with E-state index in [2.05, 4.69) is 97.8 Å². The number of nitrogens with one attached hydrogen (secondary N) is 1. The highest BCUT2D eigenvalue weighted by Gasteiger charge is 2.20. The summed E-state index contributed by atoms with van der Waals surface area (Å²) in [6, 6.07) is 0. The molecule has 10 nitrogen and oxygen atoms in total. The van der Waals surface area contributed by atoms with Crippen molar-refractivity contribution in [1.29, 1.82) is 0 Å². The zero-order chi connectivity index (χ0) is 48.9. The second-order valence-corrected chi connectivity index (χ2v) is 16.4.